The lowest BCUT2D eigenvalue weighted by atomic mass is 9.82. The third kappa shape index (κ3) is 1.44. The van der Waals surface area contributed by atoms with Gasteiger partial charge in [0.25, 0.3) is 0 Å². The minimum absolute atomic E-state index is 0.264. The predicted octanol–water partition coefficient (Wildman–Crippen LogP) is 2.65. The Morgan fingerprint density at radius 3 is 3.12 bits per heavy atom. The topological polar surface area (TPSA) is 24.1 Å². The normalized spacial score (nSPS) is 32.5. The van der Waals surface area contributed by atoms with Gasteiger partial charge in [0.05, 0.1) is 0 Å². The molecule has 16 heavy (non-hydrogen) atoms. The SMILES string of the molecule is Cc1ccc2c(c1)[C@@H]1CNCCC[C@]1(C)N2. The molecule has 2 aliphatic heterocycles. The van der Waals surface area contributed by atoms with Crippen LogP contribution in [0.2, 0.25) is 0 Å². The molecule has 0 bridgehead atoms. The first-order valence-corrected chi connectivity index (χ1v) is 6.28. The highest BCUT2D eigenvalue weighted by molar-refractivity contribution is 5.62. The Morgan fingerprint density at radius 2 is 2.25 bits per heavy atom. The molecule has 0 unspecified atom stereocenters. The summed E-state index contributed by atoms with van der Waals surface area (Å²) in [5, 5.41) is 7.30. The van der Waals surface area contributed by atoms with Gasteiger partial charge in [0.2, 0.25) is 0 Å². The molecule has 2 N–H and O–H groups in total. The molecule has 0 saturated carbocycles. The lowest BCUT2D eigenvalue weighted by Gasteiger charge is -2.30. The number of nitrogens with one attached hydrogen (secondary N) is 2. The molecular weight excluding hydrogens is 196 g/mol. The first-order valence-electron chi connectivity index (χ1n) is 6.28. The Balaban J connectivity index is 2.05. The molecule has 2 nitrogen and oxygen atoms in total. The molecule has 0 amide bonds. The van der Waals surface area contributed by atoms with E-state index in [2.05, 4.69) is 42.7 Å². The molecule has 2 atom stereocenters. The van der Waals surface area contributed by atoms with E-state index in [9.17, 15) is 0 Å². The first kappa shape index (κ1) is 10.2. The van der Waals surface area contributed by atoms with E-state index in [1.165, 1.54) is 29.7 Å². The maximum atomic E-state index is 3.74. The van der Waals surface area contributed by atoms with Crippen LogP contribution >= 0.6 is 0 Å². The van der Waals surface area contributed by atoms with Gasteiger partial charge in [-0.15, -0.1) is 0 Å². The minimum Gasteiger partial charge on any atom is -0.379 e. The summed E-state index contributed by atoms with van der Waals surface area (Å²) in [7, 11) is 0. The van der Waals surface area contributed by atoms with Gasteiger partial charge in [-0.3, -0.25) is 0 Å². The molecular formula is C14H20N2. The second-order valence-electron chi connectivity index (χ2n) is 5.49. The van der Waals surface area contributed by atoms with Gasteiger partial charge >= 0.3 is 0 Å². The van der Waals surface area contributed by atoms with Crippen molar-refractivity contribution in [3.8, 4) is 0 Å². The Bertz CT molecular complexity index is 413. The molecule has 1 fully saturated rings. The van der Waals surface area contributed by atoms with E-state index in [1.54, 1.807) is 0 Å². The van der Waals surface area contributed by atoms with E-state index in [1.807, 2.05) is 0 Å². The summed E-state index contributed by atoms with van der Waals surface area (Å²) >= 11 is 0. The Kier molecular flexibility index (Phi) is 2.21. The van der Waals surface area contributed by atoms with Crippen LogP contribution in [0.3, 0.4) is 0 Å². The van der Waals surface area contributed by atoms with Crippen molar-refractivity contribution in [1.82, 2.24) is 5.32 Å². The molecule has 1 saturated heterocycles. The minimum atomic E-state index is 0.264. The van der Waals surface area contributed by atoms with Gasteiger partial charge in [-0.1, -0.05) is 17.7 Å². The molecule has 0 spiro atoms. The van der Waals surface area contributed by atoms with Crippen LogP contribution in [0.25, 0.3) is 0 Å². The van der Waals surface area contributed by atoms with Crippen molar-refractivity contribution in [1.29, 1.82) is 0 Å². The fraction of sp³-hybridized carbons (Fsp3) is 0.571. The summed E-state index contributed by atoms with van der Waals surface area (Å²) < 4.78 is 0. The zero-order valence-corrected chi connectivity index (χ0v) is 10.1. The van der Waals surface area contributed by atoms with Crippen molar-refractivity contribution < 1.29 is 0 Å². The quantitative estimate of drug-likeness (QED) is 0.696. The van der Waals surface area contributed by atoms with Gasteiger partial charge in [-0.05, 0) is 44.9 Å². The van der Waals surface area contributed by atoms with Crippen LogP contribution in [0.1, 0.15) is 36.8 Å². The summed E-state index contributed by atoms with van der Waals surface area (Å²) in [6.07, 6.45) is 2.53. The lowest BCUT2D eigenvalue weighted by Crippen LogP contribution is -2.37. The van der Waals surface area contributed by atoms with Gasteiger partial charge in [-0.25, -0.2) is 0 Å². The number of rotatable bonds is 0. The van der Waals surface area contributed by atoms with Gasteiger partial charge in [-0.2, -0.15) is 0 Å². The fourth-order valence-electron chi connectivity index (χ4n) is 3.22. The largest absolute Gasteiger partial charge is 0.379 e. The van der Waals surface area contributed by atoms with Crippen LogP contribution < -0.4 is 10.6 Å². The van der Waals surface area contributed by atoms with Crippen LogP contribution in [-0.2, 0) is 0 Å². The maximum Gasteiger partial charge on any atom is 0.0427 e. The van der Waals surface area contributed by atoms with E-state index in [0.717, 1.165) is 13.1 Å². The highest BCUT2D eigenvalue weighted by Crippen LogP contribution is 2.45. The van der Waals surface area contributed by atoms with Crippen molar-refractivity contribution >= 4 is 5.69 Å². The predicted molar refractivity (Wildman–Crippen MR) is 68.1 cm³/mol. The number of benzene rings is 1. The number of hydrogen-bond donors (Lipinski definition) is 2. The van der Waals surface area contributed by atoms with Gasteiger partial charge < -0.3 is 10.6 Å². The smallest absolute Gasteiger partial charge is 0.0427 e. The monoisotopic (exact) mass is 216 g/mol. The number of hydrogen-bond acceptors (Lipinski definition) is 2. The van der Waals surface area contributed by atoms with Crippen LogP contribution in [0.5, 0.6) is 0 Å². The average Bonchev–Trinajstić information content (AvgIpc) is 2.41. The van der Waals surface area contributed by atoms with Gasteiger partial charge in [0.1, 0.15) is 0 Å². The van der Waals surface area contributed by atoms with Crippen molar-refractivity contribution in [2.24, 2.45) is 0 Å². The second kappa shape index (κ2) is 3.49. The van der Waals surface area contributed by atoms with E-state index in [-0.39, 0.29) is 5.54 Å². The zero-order valence-electron chi connectivity index (χ0n) is 10.1. The Morgan fingerprint density at radius 1 is 1.38 bits per heavy atom. The Labute approximate surface area is 97.4 Å². The van der Waals surface area contributed by atoms with E-state index in [4.69, 9.17) is 0 Å². The molecule has 86 valence electrons. The summed E-state index contributed by atoms with van der Waals surface area (Å²) in [6, 6.07) is 6.80. The molecule has 0 aliphatic carbocycles. The van der Waals surface area contributed by atoms with Crippen LogP contribution in [0.4, 0.5) is 5.69 Å². The van der Waals surface area contributed by atoms with Crippen molar-refractivity contribution in [2.75, 3.05) is 18.4 Å². The molecule has 3 rings (SSSR count). The van der Waals surface area contributed by atoms with Gasteiger partial charge in [0, 0.05) is 23.7 Å². The molecule has 1 aromatic rings. The molecule has 2 heteroatoms. The number of fused-ring (bicyclic) bond motifs is 3. The van der Waals surface area contributed by atoms with E-state index in [0.29, 0.717) is 5.92 Å². The average molecular weight is 216 g/mol. The van der Waals surface area contributed by atoms with Crippen molar-refractivity contribution in [3.63, 3.8) is 0 Å². The number of aryl methyl sites for hydroxylation is 1. The molecule has 1 aromatic carbocycles. The third-order valence-corrected chi connectivity index (χ3v) is 4.17. The van der Waals surface area contributed by atoms with Crippen molar-refractivity contribution in [2.45, 2.75) is 38.1 Å². The summed E-state index contributed by atoms with van der Waals surface area (Å²) in [6.45, 7) is 6.83. The lowest BCUT2D eigenvalue weighted by molar-refractivity contribution is 0.423. The molecule has 0 radical (unpaired) electrons. The van der Waals surface area contributed by atoms with E-state index < -0.39 is 0 Å². The summed E-state index contributed by atoms with van der Waals surface area (Å²) in [5.74, 6) is 0.630. The van der Waals surface area contributed by atoms with Crippen LogP contribution in [-0.4, -0.2) is 18.6 Å². The second-order valence-corrected chi connectivity index (χ2v) is 5.49. The van der Waals surface area contributed by atoms with Crippen LogP contribution in [0, 0.1) is 6.92 Å². The molecule has 2 aliphatic rings. The fourth-order valence-corrected chi connectivity index (χ4v) is 3.22. The standard InChI is InChI=1S/C14H20N2/c1-10-4-5-13-11(8-10)12-9-15-7-3-6-14(12,2)16-13/h4-5,8,12,15-16H,3,6-7,9H2,1-2H3/t12-,14-/m0/s1. The van der Waals surface area contributed by atoms with Crippen molar-refractivity contribution in [3.05, 3.63) is 29.3 Å². The summed E-state index contributed by atoms with van der Waals surface area (Å²) in [5.41, 5.74) is 4.49. The zero-order chi connectivity index (χ0) is 11.2. The summed E-state index contributed by atoms with van der Waals surface area (Å²) in [4.78, 5) is 0. The van der Waals surface area contributed by atoms with Crippen LogP contribution in [0.15, 0.2) is 18.2 Å². The molecule has 0 aromatic heterocycles. The van der Waals surface area contributed by atoms with Gasteiger partial charge in [0.15, 0.2) is 0 Å². The highest BCUT2D eigenvalue weighted by Gasteiger charge is 2.42. The van der Waals surface area contributed by atoms with E-state index >= 15 is 0 Å². The molecule has 2 heterocycles. The third-order valence-electron chi connectivity index (χ3n) is 4.17. The number of anilines is 1. The maximum absolute atomic E-state index is 3.74. The Hall–Kier alpha value is -1.02. The first-order chi connectivity index (χ1) is 7.69. The highest BCUT2D eigenvalue weighted by atomic mass is 15.0.